The van der Waals surface area contributed by atoms with E-state index in [1.54, 1.807) is 24.3 Å². The minimum Gasteiger partial charge on any atom is -0.481 e. The number of fused-ring (bicyclic) bond motifs is 2. The molecule has 3 unspecified atom stereocenters. The minimum absolute atomic E-state index is 0.0548. The first kappa shape index (κ1) is 27.3. The van der Waals surface area contributed by atoms with Gasteiger partial charge in [-0.05, 0) is 44.9 Å². The third kappa shape index (κ3) is 6.91. The van der Waals surface area contributed by atoms with Crippen molar-refractivity contribution in [3.8, 4) is 0 Å². The maximum atomic E-state index is 13.6. The highest BCUT2D eigenvalue weighted by Crippen LogP contribution is 2.53. The number of carbonyl (C=O) groups excluding carboxylic acids is 2. The van der Waals surface area contributed by atoms with Gasteiger partial charge in [-0.3, -0.25) is 28.4 Å². The van der Waals surface area contributed by atoms with Gasteiger partial charge in [0.15, 0.2) is 0 Å². The monoisotopic (exact) mass is 510 g/mol. The molecule has 0 saturated carbocycles. The van der Waals surface area contributed by atoms with Crippen LogP contribution in [0.4, 0.5) is 0 Å². The number of nitrogens with zero attached hydrogens (tertiary/aromatic N) is 1. The van der Waals surface area contributed by atoms with Crippen LogP contribution >= 0.6 is 7.60 Å². The van der Waals surface area contributed by atoms with Crippen molar-refractivity contribution in [3.05, 3.63) is 30.3 Å². The molecule has 2 N–H and O–H groups in total. The number of amides is 1. The molecule has 2 heterocycles. The molecule has 10 nitrogen and oxygen atoms in total. The van der Waals surface area contributed by atoms with Gasteiger partial charge in [0.1, 0.15) is 5.92 Å². The maximum absolute atomic E-state index is 13.6. The third-order valence-electron chi connectivity index (χ3n) is 6.74. The first-order chi connectivity index (χ1) is 16.8. The van der Waals surface area contributed by atoms with Crippen LogP contribution in [0.5, 0.6) is 0 Å². The minimum atomic E-state index is -3.63. The molecule has 1 aromatic rings. The van der Waals surface area contributed by atoms with Crippen molar-refractivity contribution in [3.63, 3.8) is 0 Å². The average Bonchev–Trinajstić information content (AvgIpc) is 2.98. The lowest BCUT2D eigenvalue weighted by Crippen LogP contribution is -2.39. The summed E-state index contributed by atoms with van der Waals surface area (Å²) in [5.74, 6) is -2.28. The highest BCUT2D eigenvalue weighted by Gasteiger charge is 2.55. The predicted octanol–water partition coefficient (Wildman–Crippen LogP) is 2.32. The molecule has 194 valence electrons. The molecule has 3 rings (SSSR count). The number of likely N-dealkylation sites (N-methyl/N-ethyl adjacent to an activating group) is 1. The number of hydrogen-bond acceptors (Lipinski definition) is 8. The number of nitrogens with one attached hydrogen (secondary N) is 1. The first-order valence-electron chi connectivity index (χ1n) is 12.0. The van der Waals surface area contributed by atoms with Gasteiger partial charge in [-0.2, -0.15) is 0 Å². The Hall–Kier alpha value is -2.26. The van der Waals surface area contributed by atoms with E-state index in [2.05, 4.69) is 10.2 Å². The summed E-state index contributed by atoms with van der Waals surface area (Å²) in [6.07, 6.45) is 2.89. The molecule has 35 heavy (non-hydrogen) atoms. The Kier molecular flexibility index (Phi) is 9.86. The van der Waals surface area contributed by atoms with Gasteiger partial charge in [-0.25, -0.2) is 0 Å². The molecule has 2 aliphatic rings. The van der Waals surface area contributed by atoms with Gasteiger partial charge in [-0.15, -0.1) is 0 Å². The number of hydrogen-bond donors (Lipinski definition) is 2. The van der Waals surface area contributed by atoms with E-state index in [0.29, 0.717) is 24.7 Å². The average molecular weight is 511 g/mol. The van der Waals surface area contributed by atoms with Gasteiger partial charge in [0.25, 0.3) is 0 Å². The van der Waals surface area contributed by atoms with Gasteiger partial charge in [0.05, 0.1) is 24.4 Å². The van der Waals surface area contributed by atoms with Crippen molar-refractivity contribution in [1.29, 1.82) is 0 Å². The van der Waals surface area contributed by atoms with Gasteiger partial charge in [-0.1, -0.05) is 24.6 Å². The topological polar surface area (TPSA) is 131 Å². The van der Waals surface area contributed by atoms with E-state index in [0.717, 1.165) is 19.3 Å². The number of esters is 1. The van der Waals surface area contributed by atoms with Crippen molar-refractivity contribution in [2.24, 2.45) is 5.92 Å². The highest BCUT2D eigenvalue weighted by atomic mass is 31.2. The maximum Gasteiger partial charge on any atom is 0.361 e. The second-order valence-corrected chi connectivity index (χ2v) is 11.0. The zero-order valence-electron chi connectivity index (χ0n) is 20.3. The van der Waals surface area contributed by atoms with Crippen LogP contribution in [-0.2, 0) is 32.7 Å². The van der Waals surface area contributed by atoms with Gasteiger partial charge in [0.2, 0.25) is 5.91 Å². The number of piperidine rings is 1. The largest absolute Gasteiger partial charge is 0.481 e. The predicted molar refractivity (Wildman–Crippen MR) is 128 cm³/mol. The molecule has 2 saturated heterocycles. The SMILES string of the molecule is COP(=O)(O[C@H]1C2CCCC([C@H]1C(=O)OCCCCNC(=O)CCC(=O)O)N2C)c1ccccc1. The molecule has 5 atom stereocenters. The molecule has 2 bridgehead atoms. The standard InChI is InChI=1S/C24H35N2O8P/c1-26-18-11-8-12-19(26)23(34-35(31,32-2)17-9-4-3-5-10-17)22(18)24(30)33-16-7-6-15-25-20(27)13-14-21(28)29/h3-5,9-10,18-19,22-23H,6-8,11-16H2,1-2H3,(H,25,27)(H,28,29)/t18?,19?,22-,23+,35?/m1/s1. The summed E-state index contributed by atoms with van der Waals surface area (Å²) < 4.78 is 30.7. The summed E-state index contributed by atoms with van der Waals surface area (Å²) >= 11 is 0. The van der Waals surface area contributed by atoms with Gasteiger partial charge in [0, 0.05) is 32.2 Å². The van der Waals surface area contributed by atoms with Crippen LogP contribution in [0.3, 0.4) is 0 Å². The van der Waals surface area contributed by atoms with Crippen LogP contribution in [-0.4, -0.2) is 73.3 Å². The van der Waals surface area contributed by atoms with Crippen LogP contribution < -0.4 is 10.6 Å². The van der Waals surface area contributed by atoms with Crippen LogP contribution in [0.1, 0.15) is 44.9 Å². The lowest BCUT2D eigenvalue weighted by atomic mass is 9.96. The van der Waals surface area contributed by atoms with Crippen molar-refractivity contribution in [1.82, 2.24) is 10.2 Å². The van der Waals surface area contributed by atoms with E-state index in [9.17, 15) is 18.9 Å². The van der Waals surface area contributed by atoms with E-state index in [1.807, 2.05) is 13.1 Å². The fourth-order valence-corrected chi connectivity index (χ4v) is 6.46. The second kappa shape index (κ2) is 12.6. The molecule has 2 fully saturated rings. The molecule has 0 aromatic heterocycles. The smallest absolute Gasteiger partial charge is 0.361 e. The molecule has 1 aromatic carbocycles. The summed E-state index contributed by atoms with van der Waals surface area (Å²) in [7, 11) is -0.311. The number of unbranched alkanes of at least 4 members (excludes halogenated alkanes) is 1. The van der Waals surface area contributed by atoms with Crippen LogP contribution in [0.25, 0.3) is 0 Å². The van der Waals surface area contributed by atoms with Crippen molar-refractivity contribution in [2.45, 2.75) is 63.1 Å². The number of carbonyl (C=O) groups is 3. The van der Waals surface area contributed by atoms with E-state index in [4.69, 9.17) is 18.9 Å². The van der Waals surface area contributed by atoms with E-state index < -0.39 is 25.6 Å². The van der Waals surface area contributed by atoms with E-state index in [1.165, 1.54) is 7.11 Å². The van der Waals surface area contributed by atoms with Gasteiger partial charge >= 0.3 is 19.5 Å². The number of ether oxygens (including phenoxy) is 1. The van der Waals surface area contributed by atoms with Crippen LogP contribution in [0.2, 0.25) is 0 Å². The number of benzene rings is 1. The number of carboxylic acids is 1. The van der Waals surface area contributed by atoms with E-state index in [-0.39, 0.29) is 43.4 Å². The quantitative estimate of drug-likeness (QED) is 0.233. The molecule has 1 amide bonds. The fourth-order valence-electron chi connectivity index (χ4n) is 4.92. The Morgan fingerprint density at radius 2 is 1.83 bits per heavy atom. The number of rotatable bonds is 13. The van der Waals surface area contributed by atoms with Gasteiger partial charge < -0.3 is 19.7 Å². The number of carboxylic acid groups (broad SMARTS) is 1. The molecule has 11 heteroatoms. The first-order valence-corrected chi connectivity index (χ1v) is 13.6. The summed E-state index contributed by atoms with van der Waals surface area (Å²) in [6.45, 7) is 0.571. The van der Waals surface area contributed by atoms with Crippen molar-refractivity contribution < 1.29 is 37.8 Å². The summed E-state index contributed by atoms with van der Waals surface area (Å²) in [5, 5.41) is 11.7. The highest BCUT2D eigenvalue weighted by molar-refractivity contribution is 7.62. The van der Waals surface area contributed by atoms with E-state index >= 15 is 0 Å². The summed E-state index contributed by atoms with van der Waals surface area (Å²) in [5.41, 5.74) is 0. The van der Waals surface area contributed by atoms with Crippen LogP contribution in [0.15, 0.2) is 30.3 Å². The molecular formula is C24H35N2O8P. The van der Waals surface area contributed by atoms with Crippen LogP contribution in [0, 0.1) is 5.92 Å². The second-order valence-electron chi connectivity index (χ2n) is 8.96. The Morgan fingerprint density at radius 1 is 1.11 bits per heavy atom. The van der Waals surface area contributed by atoms with Crippen molar-refractivity contribution >= 4 is 30.7 Å². The lowest BCUT2D eigenvalue weighted by molar-refractivity contribution is -0.152. The molecule has 2 aliphatic heterocycles. The Labute approximate surface area is 205 Å². The fraction of sp³-hybridized carbons (Fsp3) is 0.625. The number of aliphatic carboxylic acids is 1. The zero-order valence-corrected chi connectivity index (χ0v) is 21.2. The Balaban J connectivity index is 1.56. The summed E-state index contributed by atoms with van der Waals surface area (Å²) in [6, 6.07) is 8.64. The Morgan fingerprint density at radius 3 is 2.51 bits per heavy atom. The van der Waals surface area contributed by atoms with Crippen molar-refractivity contribution in [2.75, 3.05) is 27.3 Å². The molecule has 0 aliphatic carbocycles. The normalized spacial score (nSPS) is 25.5. The molecular weight excluding hydrogens is 475 g/mol. The summed E-state index contributed by atoms with van der Waals surface area (Å²) in [4.78, 5) is 37.4. The third-order valence-corrected chi connectivity index (χ3v) is 8.67. The Bertz CT molecular complexity index is 927. The lowest BCUT2D eigenvalue weighted by Gasteiger charge is -2.32. The molecule has 0 spiro atoms. The zero-order chi connectivity index (χ0) is 25.4. The molecule has 0 radical (unpaired) electrons.